The van der Waals surface area contributed by atoms with Crippen LogP contribution in [0.3, 0.4) is 0 Å². The van der Waals surface area contributed by atoms with E-state index in [1.807, 2.05) is 0 Å². The van der Waals surface area contributed by atoms with Gasteiger partial charge in [0, 0.05) is 0 Å². The second kappa shape index (κ2) is 5.16. The maximum atomic E-state index is 11.7. The van der Waals surface area contributed by atoms with Gasteiger partial charge in [0.15, 0.2) is 0 Å². The van der Waals surface area contributed by atoms with Gasteiger partial charge in [-0.2, -0.15) is 0 Å². The molecule has 0 aromatic carbocycles. The molecule has 0 unspecified atom stereocenters. The predicted molar refractivity (Wildman–Crippen MR) is 47.0 cm³/mol. The summed E-state index contributed by atoms with van der Waals surface area (Å²) < 4.78 is 21.1. The predicted octanol–water partition coefficient (Wildman–Crippen LogP) is 1.22. The van der Waals surface area contributed by atoms with Crippen LogP contribution in [0.1, 0.15) is 10.5 Å². The summed E-state index contributed by atoms with van der Waals surface area (Å²) in [7, 11) is 1.28. The smallest absolute Gasteiger partial charge is 0.356 e. The van der Waals surface area contributed by atoms with Gasteiger partial charge in [0.25, 0.3) is 0 Å². The van der Waals surface area contributed by atoms with Crippen molar-refractivity contribution in [2.45, 2.75) is 0 Å². The second-order valence-electron chi connectivity index (χ2n) is 2.41. The lowest BCUT2D eigenvalue weighted by atomic mass is 10.3. The first-order valence-electron chi connectivity index (χ1n) is 4.01. The summed E-state index contributed by atoms with van der Waals surface area (Å²) in [5.74, 6) is -0.0858. The van der Waals surface area contributed by atoms with Gasteiger partial charge in [0.05, 0.1) is 13.3 Å². The highest BCUT2D eigenvalue weighted by Crippen LogP contribution is 2.09. The molecule has 14 heavy (non-hydrogen) atoms. The highest BCUT2D eigenvalue weighted by molar-refractivity contribution is 5.87. The Balaban J connectivity index is 2.63. The molecule has 1 aromatic heterocycles. The fourth-order valence-electron chi connectivity index (χ4n) is 0.847. The highest BCUT2D eigenvalue weighted by atomic mass is 19.1. The monoisotopic (exact) mass is 199 g/mol. The summed E-state index contributed by atoms with van der Waals surface area (Å²) in [6.07, 6.45) is 1.35. The van der Waals surface area contributed by atoms with Crippen LogP contribution in [0.2, 0.25) is 0 Å². The number of hydrogen-bond donors (Lipinski definition) is 0. The zero-order valence-electron chi connectivity index (χ0n) is 7.70. The number of aromatic nitrogens is 1. The molecule has 5 heteroatoms. The third kappa shape index (κ3) is 2.69. The summed E-state index contributed by atoms with van der Waals surface area (Å²) in [4.78, 5) is 14.7. The van der Waals surface area contributed by atoms with Gasteiger partial charge in [-0.25, -0.2) is 14.2 Å². The highest BCUT2D eigenvalue weighted by Gasteiger charge is 2.06. The van der Waals surface area contributed by atoms with E-state index in [9.17, 15) is 9.18 Å². The average molecular weight is 199 g/mol. The van der Waals surface area contributed by atoms with Crippen LogP contribution >= 0.6 is 0 Å². The van der Waals surface area contributed by atoms with Crippen LogP contribution < -0.4 is 4.74 Å². The van der Waals surface area contributed by atoms with E-state index in [1.165, 1.54) is 25.4 Å². The molecule has 0 saturated heterocycles. The van der Waals surface area contributed by atoms with Crippen LogP contribution in [0, 0.1) is 0 Å². The Kier molecular flexibility index (Phi) is 3.84. The minimum Gasteiger partial charge on any atom is -0.489 e. The lowest BCUT2D eigenvalue weighted by Gasteiger charge is -2.03. The first kappa shape index (κ1) is 10.4. The van der Waals surface area contributed by atoms with Gasteiger partial charge in [-0.15, -0.1) is 0 Å². The molecule has 1 aromatic rings. The van der Waals surface area contributed by atoms with Crippen LogP contribution in [0.25, 0.3) is 0 Å². The summed E-state index contributed by atoms with van der Waals surface area (Å²) in [6.45, 7) is -0.571. The van der Waals surface area contributed by atoms with Crippen molar-refractivity contribution in [3.05, 3.63) is 24.0 Å². The van der Waals surface area contributed by atoms with Crippen molar-refractivity contribution in [1.82, 2.24) is 4.98 Å². The number of hydrogen-bond acceptors (Lipinski definition) is 4. The van der Waals surface area contributed by atoms with Crippen LogP contribution in [-0.2, 0) is 4.74 Å². The SMILES string of the molecule is COC(=O)c1ccc(OCCF)cn1. The molecule has 0 amide bonds. The maximum Gasteiger partial charge on any atom is 0.356 e. The number of esters is 1. The van der Waals surface area contributed by atoms with Crippen LogP contribution in [0.5, 0.6) is 5.75 Å². The zero-order valence-corrected chi connectivity index (χ0v) is 7.70. The molecule has 0 N–H and O–H groups in total. The minimum atomic E-state index is -0.557. The Labute approximate surface area is 80.7 Å². The molecule has 4 nitrogen and oxygen atoms in total. The first-order valence-corrected chi connectivity index (χ1v) is 4.01. The molecular formula is C9H10FNO3. The van der Waals surface area contributed by atoms with Crippen molar-refractivity contribution in [3.63, 3.8) is 0 Å². The summed E-state index contributed by atoms with van der Waals surface area (Å²) in [5.41, 5.74) is 0.195. The summed E-state index contributed by atoms with van der Waals surface area (Å²) >= 11 is 0. The van der Waals surface area contributed by atoms with Crippen LogP contribution in [0.4, 0.5) is 4.39 Å². The first-order chi connectivity index (χ1) is 6.77. The number of ether oxygens (including phenoxy) is 2. The molecule has 0 aliphatic rings. The summed E-state index contributed by atoms with van der Waals surface area (Å²) in [6, 6.07) is 2.99. The molecule has 0 radical (unpaired) electrons. The fourth-order valence-corrected chi connectivity index (χ4v) is 0.847. The van der Waals surface area contributed by atoms with E-state index >= 15 is 0 Å². The average Bonchev–Trinajstić information content (AvgIpc) is 2.26. The van der Waals surface area contributed by atoms with E-state index < -0.39 is 12.6 Å². The van der Waals surface area contributed by atoms with Gasteiger partial charge in [-0.05, 0) is 12.1 Å². The Morgan fingerprint density at radius 3 is 2.86 bits per heavy atom. The quantitative estimate of drug-likeness (QED) is 0.684. The van der Waals surface area contributed by atoms with Gasteiger partial charge in [0.1, 0.15) is 24.7 Å². The molecule has 0 spiro atoms. The Morgan fingerprint density at radius 2 is 2.36 bits per heavy atom. The number of rotatable bonds is 4. The number of halogens is 1. The third-order valence-electron chi connectivity index (χ3n) is 1.48. The van der Waals surface area contributed by atoms with Gasteiger partial charge in [-0.3, -0.25) is 0 Å². The van der Waals surface area contributed by atoms with E-state index in [1.54, 1.807) is 0 Å². The number of pyridine rings is 1. The Hall–Kier alpha value is -1.65. The van der Waals surface area contributed by atoms with Gasteiger partial charge in [0.2, 0.25) is 0 Å². The summed E-state index contributed by atoms with van der Waals surface area (Å²) in [5, 5.41) is 0. The molecule has 0 atom stereocenters. The van der Waals surface area contributed by atoms with E-state index in [0.29, 0.717) is 5.75 Å². The number of carbonyl (C=O) groups is 1. The fraction of sp³-hybridized carbons (Fsp3) is 0.333. The van der Waals surface area contributed by atoms with Gasteiger partial charge >= 0.3 is 5.97 Å². The van der Waals surface area contributed by atoms with Gasteiger partial charge < -0.3 is 9.47 Å². The van der Waals surface area contributed by atoms with Crippen molar-refractivity contribution < 1.29 is 18.7 Å². The van der Waals surface area contributed by atoms with Crippen molar-refractivity contribution in [3.8, 4) is 5.75 Å². The molecule has 0 aliphatic carbocycles. The minimum absolute atomic E-state index is 0.0146. The van der Waals surface area contributed by atoms with Crippen molar-refractivity contribution >= 4 is 5.97 Å². The van der Waals surface area contributed by atoms with Crippen molar-refractivity contribution in [2.24, 2.45) is 0 Å². The number of nitrogens with zero attached hydrogens (tertiary/aromatic N) is 1. The number of alkyl halides is 1. The normalized spacial score (nSPS) is 9.57. The molecule has 0 saturated carbocycles. The largest absolute Gasteiger partial charge is 0.489 e. The molecular weight excluding hydrogens is 189 g/mol. The molecule has 0 aliphatic heterocycles. The third-order valence-corrected chi connectivity index (χ3v) is 1.48. The van der Waals surface area contributed by atoms with Gasteiger partial charge in [-0.1, -0.05) is 0 Å². The van der Waals surface area contributed by atoms with E-state index in [4.69, 9.17) is 4.74 Å². The topological polar surface area (TPSA) is 48.4 Å². The van der Waals surface area contributed by atoms with Crippen LogP contribution in [0.15, 0.2) is 18.3 Å². The van der Waals surface area contributed by atoms with E-state index in [0.717, 1.165) is 0 Å². The standard InChI is InChI=1S/C9H10FNO3/c1-13-9(12)8-3-2-7(6-11-8)14-5-4-10/h2-3,6H,4-5H2,1H3. The Morgan fingerprint density at radius 1 is 1.57 bits per heavy atom. The molecule has 0 bridgehead atoms. The van der Waals surface area contributed by atoms with E-state index in [-0.39, 0.29) is 12.3 Å². The molecule has 0 fully saturated rings. The van der Waals surface area contributed by atoms with Crippen molar-refractivity contribution in [1.29, 1.82) is 0 Å². The number of methoxy groups -OCH3 is 1. The van der Waals surface area contributed by atoms with Crippen molar-refractivity contribution in [2.75, 3.05) is 20.4 Å². The lowest BCUT2D eigenvalue weighted by molar-refractivity contribution is 0.0594. The lowest BCUT2D eigenvalue weighted by Crippen LogP contribution is -2.04. The molecule has 76 valence electrons. The van der Waals surface area contributed by atoms with E-state index in [2.05, 4.69) is 9.72 Å². The maximum absolute atomic E-state index is 11.7. The molecule has 1 rings (SSSR count). The zero-order chi connectivity index (χ0) is 10.4. The number of carbonyl (C=O) groups excluding carboxylic acids is 1. The Bertz CT molecular complexity index is 299. The second-order valence-corrected chi connectivity index (χ2v) is 2.41. The molecule has 1 heterocycles. The van der Waals surface area contributed by atoms with Crippen LogP contribution in [-0.4, -0.2) is 31.3 Å².